The first-order chi connectivity index (χ1) is 13.1. The fourth-order valence-corrected chi connectivity index (χ4v) is 3.10. The molecule has 27 heavy (non-hydrogen) atoms. The van der Waals surface area contributed by atoms with Crippen molar-refractivity contribution in [3.63, 3.8) is 0 Å². The first-order valence-electron chi connectivity index (χ1n) is 8.95. The smallest absolute Gasteiger partial charge is 0.321 e. The van der Waals surface area contributed by atoms with E-state index in [0.29, 0.717) is 30.4 Å². The molecule has 0 aliphatic carbocycles. The van der Waals surface area contributed by atoms with Crippen molar-refractivity contribution in [3.8, 4) is 11.5 Å². The highest BCUT2D eigenvalue weighted by Crippen LogP contribution is 2.17. The Morgan fingerprint density at radius 1 is 1.07 bits per heavy atom. The summed E-state index contributed by atoms with van der Waals surface area (Å²) >= 11 is 5.95. The minimum absolute atomic E-state index is 0.0913. The van der Waals surface area contributed by atoms with Crippen LogP contribution in [0.4, 0.5) is 10.5 Å². The number of carbonyl (C=O) groups excluding carboxylic acids is 1. The molecule has 0 saturated carbocycles. The Hall–Kier alpha value is -2.44. The summed E-state index contributed by atoms with van der Waals surface area (Å²) in [5.41, 5.74) is 0.711. The number of nitrogens with one attached hydrogen (secondary N) is 1. The summed E-state index contributed by atoms with van der Waals surface area (Å²) in [6, 6.07) is 14.6. The van der Waals surface area contributed by atoms with Gasteiger partial charge < -0.3 is 19.7 Å². The van der Waals surface area contributed by atoms with Gasteiger partial charge in [-0.1, -0.05) is 17.7 Å². The predicted molar refractivity (Wildman–Crippen MR) is 107 cm³/mol. The zero-order valence-electron chi connectivity index (χ0n) is 15.4. The van der Waals surface area contributed by atoms with E-state index in [-0.39, 0.29) is 6.03 Å². The third-order valence-electron chi connectivity index (χ3n) is 4.47. The molecule has 144 valence electrons. The van der Waals surface area contributed by atoms with Crippen LogP contribution in [0.2, 0.25) is 5.02 Å². The molecule has 0 bridgehead atoms. The monoisotopic (exact) mass is 389 g/mol. The molecule has 0 aromatic heterocycles. The molecule has 1 N–H and O–H groups in total. The minimum atomic E-state index is -0.0913. The van der Waals surface area contributed by atoms with Crippen molar-refractivity contribution in [2.24, 2.45) is 0 Å². The fourth-order valence-electron chi connectivity index (χ4n) is 2.91. The van der Waals surface area contributed by atoms with E-state index in [1.165, 1.54) is 0 Å². The second-order valence-corrected chi connectivity index (χ2v) is 6.73. The number of carbonyl (C=O) groups is 1. The molecule has 3 rings (SSSR count). The van der Waals surface area contributed by atoms with Gasteiger partial charge in [0.15, 0.2) is 0 Å². The maximum Gasteiger partial charge on any atom is 0.321 e. The Kier molecular flexibility index (Phi) is 6.79. The number of rotatable bonds is 6. The Morgan fingerprint density at radius 3 is 2.44 bits per heavy atom. The number of nitrogens with zero attached hydrogens (tertiary/aromatic N) is 2. The van der Waals surface area contributed by atoms with Crippen molar-refractivity contribution < 1.29 is 14.3 Å². The van der Waals surface area contributed by atoms with Crippen LogP contribution in [0.25, 0.3) is 0 Å². The van der Waals surface area contributed by atoms with Gasteiger partial charge >= 0.3 is 6.03 Å². The zero-order chi connectivity index (χ0) is 19.1. The molecule has 0 atom stereocenters. The Labute approximate surface area is 164 Å². The topological polar surface area (TPSA) is 54.0 Å². The SMILES string of the molecule is COc1ccc(OCCN2CCN(C(=O)Nc3cccc(Cl)c3)CC2)cc1. The Morgan fingerprint density at radius 2 is 1.78 bits per heavy atom. The molecular formula is C20H24ClN3O3. The van der Waals surface area contributed by atoms with E-state index in [0.717, 1.165) is 31.1 Å². The van der Waals surface area contributed by atoms with E-state index < -0.39 is 0 Å². The molecule has 1 fully saturated rings. The van der Waals surface area contributed by atoms with Gasteiger partial charge in [-0.05, 0) is 42.5 Å². The fraction of sp³-hybridized carbons (Fsp3) is 0.350. The van der Waals surface area contributed by atoms with Crippen molar-refractivity contribution in [2.45, 2.75) is 0 Å². The van der Waals surface area contributed by atoms with Crippen LogP contribution >= 0.6 is 11.6 Å². The summed E-state index contributed by atoms with van der Waals surface area (Å²) in [5, 5.41) is 3.50. The number of hydrogen-bond acceptors (Lipinski definition) is 4. The normalized spacial score (nSPS) is 14.7. The molecular weight excluding hydrogens is 366 g/mol. The summed E-state index contributed by atoms with van der Waals surface area (Å²) in [6.07, 6.45) is 0. The average molecular weight is 390 g/mol. The summed E-state index contributed by atoms with van der Waals surface area (Å²) in [6.45, 7) is 4.48. The predicted octanol–water partition coefficient (Wildman–Crippen LogP) is 3.58. The molecule has 6 nitrogen and oxygen atoms in total. The van der Waals surface area contributed by atoms with Crippen LogP contribution in [0.3, 0.4) is 0 Å². The molecule has 7 heteroatoms. The van der Waals surface area contributed by atoms with Crippen molar-refractivity contribution in [3.05, 3.63) is 53.6 Å². The number of amides is 2. The first-order valence-corrected chi connectivity index (χ1v) is 9.32. The second-order valence-electron chi connectivity index (χ2n) is 6.29. The molecule has 2 aromatic carbocycles. The average Bonchev–Trinajstić information content (AvgIpc) is 2.69. The summed E-state index contributed by atoms with van der Waals surface area (Å²) < 4.78 is 10.9. The van der Waals surface area contributed by atoms with Gasteiger partial charge in [0.1, 0.15) is 18.1 Å². The van der Waals surface area contributed by atoms with Gasteiger partial charge in [-0.2, -0.15) is 0 Å². The number of halogens is 1. The van der Waals surface area contributed by atoms with Crippen LogP contribution in [0.1, 0.15) is 0 Å². The van der Waals surface area contributed by atoms with Gasteiger partial charge in [-0.25, -0.2) is 4.79 Å². The number of methoxy groups -OCH3 is 1. The number of ether oxygens (including phenoxy) is 2. The number of hydrogen-bond donors (Lipinski definition) is 1. The van der Waals surface area contributed by atoms with Gasteiger partial charge in [0, 0.05) is 43.4 Å². The van der Waals surface area contributed by atoms with Gasteiger partial charge in [-0.15, -0.1) is 0 Å². The third kappa shape index (κ3) is 5.77. The summed E-state index contributed by atoms with van der Waals surface area (Å²) in [5.74, 6) is 1.64. The van der Waals surface area contributed by atoms with Crippen molar-refractivity contribution in [1.29, 1.82) is 0 Å². The molecule has 1 aliphatic heterocycles. The summed E-state index contributed by atoms with van der Waals surface area (Å²) in [4.78, 5) is 16.5. The Balaban J connectivity index is 1.37. The quantitative estimate of drug-likeness (QED) is 0.820. The number of urea groups is 1. The largest absolute Gasteiger partial charge is 0.497 e. The lowest BCUT2D eigenvalue weighted by molar-refractivity contribution is 0.132. The highest BCUT2D eigenvalue weighted by Gasteiger charge is 2.21. The molecule has 2 aromatic rings. The van der Waals surface area contributed by atoms with Crippen molar-refractivity contribution >= 4 is 23.3 Å². The standard InChI is InChI=1S/C20H24ClN3O3/c1-26-18-5-7-19(8-6-18)27-14-13-23-9-11-24(12-10-23)20(25)22-17-4-2-3-16(21)15-17/h2-8,15H,9-14H2,1H3,(H,22,25). The first kappa shape index (κ1) is 19.3. The van der Waals surface area contributed by atoms with E-state index in [9.17, 15) is 4.79 Å². The van der Waals surface area contributed by atoms with Crippen molar-refractivity contribution in [1.82, 2.24) is 9.80 Å². The van der Waals surface area contributed by atoms with E-state index in [4.69, 9.17) is 21.1 Å². The van der Waals surface area contributed by atoms with Crippen LogP contribution in [-0.2, 0) is 0 Å². The molecule has 1 aliphatic rings. The van der Waals surface area contributed by atoms with Gasteiger partial charge in [0.25, 0.3) is 0 Å². The number of anilines is 1. The van der Waals surface area contributed by atoms with E-state index >= 15 is 0 Å². The molecule has 0 spiro atoms. The van der Waals surface area contributed by atoms with E-state index in [1.807, 2.05) is 41.3 Å². The number of piperazine rings is 1. The Bertz CT molecular complexity index is 746. The molecule has 0 unspecified atom stereocenters. The molecule has 1 heterocycles. The van der Waals surface area contributed by atoms with Gasteiger partial charge in [-0.3, -0.25) is 4.90 Å². The zero-order valence-corrected chi connectivity index (χ0v) is 16.1. The molecule has 2 amide bonds. The highest BCUT2D eigenvalue weighted by atomic mass is 35.5. The molecule has 0 radical (unpaired) electrons. The highest BCUT2D eigenvalue weighted by molar-refractivity contribution is 6.30. The van der Waals surface area contributed by atoms with Crippen LogP contribution in [-0.4, -0.2) is 62.3 Å². The lowest BCUT2D eigenvalue weighted by Gasteiger charge is -2.34. The number of benzene rings is 2. The summed E-state index contributed by atoms with van der Waals surface area (Å²) in [7, 11) is 1.64. The maximum absolute atomic E-state index is 12.4. The van der Waals surface area contributed by atoms with Gasteiger partial charge in [0.2, 0.25) is 0 Å². The van der Waals surface area contributed by atoms with E-state index in [2.05, 4.69) is 10.2 Å². The van der Waals surface area contributed by atoms with Crippen LogP contribution < -0.4 is 14.8 Å². The second kappa shape index (κ2) is 9.48. The third-order valence-corrected chi connectivity index (χ3v) is 4.71. The van der Waals surface area contributed by atoms with Crippen molar-refractivity contribution in [2.75, 3.05) is 51.8 Å². The molecule has 1 saturated heterocycles. The van der Waals surface area contributed by atoms with Crippen LogP contribution in [0.15, 0.2) is 48.5 Å². The minimum Gasteiger partial charge on any atom is -0.497 e. The maximum atomic E-state index is 12.4. The lowest BCUT2D eigenvalue weighted by Crippen LogP contribution is -2.50. The lowest BCUT2D eigenvalue weighted by atomic mass is 10.3. The van der Waals surface area contributed by atoms with Gasteiger partial charge in [0.05, 0.1) is 7.11 Å². The van der Waals surface area contributed by atoms with Crippen LogP contribution in [0.5, 0.6) is 11.5 Å². The van der Waals surface area contributed by atoms with Crippen LogP contribution in [0, 0.1) is 0 Å². The van der Waals surface area contributed by atoms with E-state index in [1.54, 1.807) is 19.2 Å².